The van der Waals surface area contributed by atoms with E-state index in [1.165, 1.54) is 18.7 Å². The van der Waals surface area contributed by atoms with Crippen LogP contribution in [0.2, 0.25) is 0 Å². The average Bonchev–Trinajstić information content (AvgIpc) is 2.75. The molecule has 0 saturated carbocycles. The van der Waals surface area contributed by atoms with Crippen LogP contribution in [0, 0.1) is 0 Å². The fourth-order valence-electron chi connectivity index (χ4n) is 3.19. The Morgan fingerprint density at radius 1 is 1.00 bits per heavy atom. The fraction of sp³-hybridized carbons (Fsp3) is 0.292. The highest BCUT2D eigenvalue weighted by molar-refractivity contribution is 5.97. The van der Waals surface area contributed by atoms with Gasteiger partial charge in [0.15, 0.2) is 5.78 Å². The number of Topliss-reactive ketones (excluding diaryl/α,β-unsaturated/α-hetero) is 1. The van der Waals surface area contributed by atoms with Gasteiger partial charge in [-0.1, -0.05) is 37.6 Å². The summed E-state index contributed by atoms with van der Waals surface area (Å²) in [5.74, 6) is -0.0465. The molecule has 1 heterocycles. The molecule has 3 aromatic rings. The van der Waals surface area contributed by atoms with E-state index in [-0.39, 0.29) is 25.2 Å². The lowest BCUT2D eigenvalue weighted by Gasteiger charge is -2.08. The SMILES string of the molecule is CCCc1ccc(C(=O)CCC(=O)OCc2cc(=O)oc3cc(OC)ccc23)cc1. The highest BCUT2D eigenvalue weighted by atomic mass is 16.5. The normalized spacial score (nSPS) is 10.7. The average molecular weight is 408 g/mol. The maximum Gasteiger partial charge on any atom is 0.336 e. The monoisotopic (exact) mass is 408 g/mol. The molecule has 30 heavy (non-hydrogen) atoms. The number of ether oxygens (including phenoxy) is 2. The number of benzene rings is 2. The highest BCUT2D eigenvalue weighted by Crippen LogP contribution is 2.23. The zero-order valence-corrected chi connectivity index (χ0v) is 17.1. The molecule has 0 radical (unpaired) electrons. The van der Waals surface area contributed by atoms with Crippen LogP contribution in [-0.2, 0) is 22.6 Å². The number of ketones is 1. The molecule has 0 fully saturated rings. The van der Waals surface area contributed by atoms with Crippen molar-refractivity contribution in [2.45, 2.75) is 39.2 Å². The predicted octanol–water partition coefficient (Wildman–Crippen LogP) is 4.46. The summed E-state index contributed by atoms with van der Waals surface area (Å²) in [5, 5.41) is 0.659. The van der Waals surface area contributed by atoms with Crippen molar-refractivity contribution < 1.29 is 23.5 Å². The number of aryl methyl sites for hydroxylation is 1. The van der Waals surface area contributed by atoms with Gasteiger partial charge in [-0.25, -0.2) is 4.79 Å². The lowest BCUT2D eigenvalue weighted by atomic mass is 10.0. The molecule has 2 aromatic carbocycles. The number of methoxy groups -OCH3 is 1. The van der Waals surface area contributed by atoms with Gasteiger partial charge in [-0.2, -0.15) is 0 Å². The Morgan fingerprint density at radius 2 is 1.77 bits per heavy atom. The van der Waals surface area contributed by atoms with Crippen LogP contribution in [0.25, 0.3) is 11.0 Å². The smallest absolute Gasteiger partial charge is 0.336 e. The second-order valence-corrected chi connectivity index (χ2v) is 6.98. The molecule has 0 spiro atoms. The topological polar surface area (TPSA) is 82.8 Å². The van der Waals surface area contributed by atoms with E-state index in [1.54, 1.807) is 30.3 Å². The molecule has 0 bridgehead atoms. The number of hydrogen-bond acceptors (Lipinski definition) is 6. The summed E-state index contributed by atoms with van der Waals surface area (Å²) in [5.41, 5.74) is 2.13. The molecule has 6 heteroatoms. The number of carbonyl (C=O) groups excluding carboxylic acids is 2. The second-order valence-electron chi connectivity index (χ2n) is 6.98. The van der Waals surface area contributed by atoms with Gasteiger partial charge in [-0.05, 0) is 24.1 Å². The zero-order chi connectivity index (χ0) is 21.5. The van der Waals surface area contributed by atoms with Gasteiger partial charge >= 0.3 is 11.6 Å². The van der Waals surface area contributed by atoms with Gasteiger partial charge in [-0.15, -0.1) is 0 Å². The van der Waals surface area contributed by atoms with E-state index in [0.717, 1.165) is 12.8 Å². The summed E-state index contributed by atoms with van der Waals surface area (Å²) >= 11 is 0. The largest absolute Gasteiger partial charge is 0.497 e. The summed E-state index contributed by atoms with van der Waals surface area (Å²) in [7, 11) is 1.52. The van der Waals surface area contributed by atoms with E-state index in [9.17, 15) is 14.4 Å². The van der Waals surface area contributed by atoms with Crippen LogP contribution in [0.1, 0.15) is 47.7 Å². The molecule has 1 aromatic heterocycles. The van der Waals surface area contributed by atoms with E-state index in [0.29, 0.717) is 27.8 Å². The predicted molar refractivity (Wildman–Crippen MR) is 113 cm³/mol. The highest BCUT2D eigenvalue weighted by Gasteiger charge is 2.13. The lowest BCUT2D eigenvalue weighted by Crippen LogP contribution is -2.10. The van der Waals surface area contributed by atoms with Crippen molar-refractivity contribution in [2.75, 3.05) is 7.11 Å². The summed E-state index contributed by atoms with van der Waals surface area (Å²) in [6.07, 6.45) is 2.06. The Morgan fingerprint density at radius 3 is 2.47 bits per heavy atom. The van der Waals surface area contributed by atoms with Gasteiger partial charge in [-0.3, -0.25) is 9.59 Å². The third-order valence-corrected chi connectivity index (χ3v) is 4.80. The van der Waals surface area contributed by atoms with E-state index in [2.05, 4.69) is 6.92 Å². The van der Waals surface area contributed by atoms with Crippen molar-refractivity contribution in [1.82, 2.24) is 0 Å². The van der Waals surface area contributed by atoms with Crippen molar-refractivity contribution >= 4 is 22.7 Å². The fourth-order valence-corrected chi connectivity index (χ4v) is 3.19. The van der Waals surface area contributed by atoms with Crippen LogP contribution in [0.5, 0.6) is 5.75 Å². The maximum atomic E-state index is 12.3. The molecule has 0 atom stereocenters. The minimum atomic E-state index is -0.538. The van der Waals surface area contributed by atoms with Gasteiger partial charge in [0.25, 0.3) is 0 Å². The molecule has 0 saturated heterocycles. The molecule has 6 nitrogen and oxygen atoms in total. The molecule has 156 valence electrons. The summed E-state index contributed by atoms with van der Waals surface area (Å²) < 4.78 is 15.6. The molecule has 0 aliphatic heterocycles. The Labute approximate surface area is 174 Å². The molecule has 0 N–H and O–H groups in total. The van der Waals surface area contributed by atoms with Crippen molar-refractivity contribution in [3.05, 3.63) is 75.6 Å². The molecule has 0 amide bonds. The van der Waals surface area contributed by atoms with Crippen LogP contribution in [0.3, 0.4) is 0 Å². The molecular weight excluding hydrogens is 384 g/mol. The molecule has 0 aliphatic carbocycles. The number of hydrogen-bond donors (Lipinski definition) is 0. The summed E-state index contributed by atoms with van der Waals surface area (Å²) in [6, 6.07) is 13.8. The number of carbonyl (C=O) groups is 2. The lowest BCUT2D eigenvalue weighted by molar-refractivity contribution is -0.144. The van der Waals surface area contributed by atoms with Gasteiger partial charge < -0.3 is 13.9 Å². The first kappa shape index (κ1) is 21.3. The third-order valence-electron chi connectivity index (χ3n) is 4.80. The van der Waals surface area contributed by atoms with Crippen molar-refractivity contribution in [2.24, 2.45) is 0 Å². The van der Waals surface area contributed by atoms with Gasteiger partial charge in [0, 0.05) is 35.1 Å². The van der Waals surface area contributed by atoms with Crippen molar-refractivity contribution in [3.8, 4) is 5.75 Å². The minimum absolute atomic E-state index is 0.0251. The first-order valence-electron chi connectivity index (χ1n) is 9.88. The van der Waals surface area contributed by atoms with E-state index >= 15 is 0 Å². The van der Waals surface area contributed by atoms with Crippen LogP contribution in [0.4, 0.5) is 0 Å². The first-order chi connectivity index (χ1) is 14.5. The van der Waals surface area contributed by atoms with Gasteiger partial charge in [0.1, 0.15) is 17.9 Å². The maximum absolute atomic E-state index is 12.3. The number of rotatable bonds is 9. The van der Waals surface area contributed by atoms with E-state index in [4.69, 9.17) is 13.9 Å². The summed E-state index contributed by atoms with van der Waals surface area (Å²) in [6.45, 7) is 2.03. The number of fused-ring (bicyclic) bond motifs is 1. The standard InChI is InChI=1S/C24H24O6/c1-3-4-16-5-7-17(8-6-16)21(25)11-12-23(26)29-15-18-13-24(27)30-22-14-19(28-2)9-10-20(18)22/h5-10,13-14H,3-4,11-12,15H2,1-2H3. The van der Waals surface area contributed by atoms with Crippen LogP contribution < -0.4 is 10.4 Å². The third kappa shape index (κ3) is 5.35. The molecular formula is C24H24O6. The van der Waals surface area contributed by atoms with Crippen LogP contribution in [0.15, 0.2) is 57.7 Å². The minimum Gasteiger partial charge on any atom is -0.497 e. The molecule has 0 unspecified atom stereocenters. The zero-order valence-electron chi connectivity index (χ0n) is 17.1. The molecule has 3 rings (SSSR count). The Bertz CT molecular complexity index is 1090. The van der Waals surface area contributed by atoms with Gasteiger partial charge in [0.2, 0.25) is 0 Å². The van der Waals surface area contributed by atoms with Crippen molar-refractivity contribution in [3.63, 3.8) is 0 Å². The van der Waals surface area contributed by atoms with Crippen molar-refractivity contribution in [1.29, 1.82) is 0 Å². The Balaban J connectivity index is 1.58. The Hall–Kier alpha value is -3.41. The van der Waals surface area contributed by atoms with E-state index < -0.39 is 11.6 Å². The van der Waals surface area contributed by atoms with E-state index in [1.807, 2.05) is 12.1 Å². The Kier molecular flexibility index (Phi) is 7.01. The quantitative estimate of drug-likeness (QED) is 0.295. The number of esters is 1. The summed E-state index contributed by atoms with van der Waals surface area (Å²) in [4.78, 5) is 36.2. The first-order valence-corrected chi connectivity index (χ1v) is 9.88. The van der Waals surface area contributed by atoms with Gasteiger partial charge in [0.05, 0.1) is 13.5 Å². The molecule has 0 aliphatic rings. The van der Waals surface area contributed by atoms with Crippen LogP contribution in [-0.4, -0.2) is 18.9 Å². The second kappa shape index (κ2) is 9.87. The van der Waals surface area contributed by atoms with Crippen LogP contribution >= 0.6 is 0 Å².